The first kappa shape index (κ1) is 16.1. The molecular formula is C20H24N4O. The van der Waals surface area contributed by atoms with Crippen LogP contribution in [0.2, 0.25) is 0 Å². The molecule has 25 heavy (non-hydrogen) atoms. The van der Waals surface area contributed by atoms with Crippen LogP contribution in [-0.4, -0.2) is 60.5 Å². The van der Waals surface area contributed by atoms with E-state index in [1.54, 1.807) is 6.20 Å². The molecule has 0 N–H and O–H groups in total. The molecule has 0 aliphatic carbocycles. The number of fused-ring (bicyclic) bond motifs is 1. The van der Waals surface area contributed by atoms with E-state index in [1.807, 2.05) is 17.2 Å². The first-order valence-electron chi connectivity index (χ1n) is 8.95. The Labute approximate surface area is 148 Å². The van der Waals surface area contributed by atoms with Crippen molar-refractivity contribution in [1.82, 2.24) is 14.8 Å². The molecule has 1 fully saturated rings. The molecule has 1 aromatic carbocycles. The number of rotatable bonds is 2. The van der Waals surface area contributed by atoms with Crippen molar-refractivity contribution in [3.8, 4) is 0 Å². The lowest BCUT2D eigenvalue weighted by Gasteiger charge is -2.33. The van der Waals surface area contributed by atoms with Gasteiger partial charge in [-0.05, 0) is 30.7 Å². The van der Waals surface area contributed by atoms with Gasteiger partial charge in [-0.15, -0.1) is 0 Å². The number of carbonyl (C=O) groups is 1. The van der Waals surface area contributed by atoms with Crippen LogP contribution in [0.5, 0.6) is 0 Å². The third-order valence-corrected chi connectivity index (χ3v) is 5.26. The maximum Gasteiger partial charge on any atom is 0.255 e. The molecule has 0 saturated carbocycles. The van der Waals surface area contributed by atoms with Gasteiger partial charge < -0.3 is 14.7 Å². The molecule has 2 aliphatic rings. The van der Waals surface area contributed by atoms with Gasteiger partial charge in [0.25, 0.3) is 5.91 Å². The van der Waals surface area contributed by atoms with Crippen LogP contribution in [0.25, 0.3) is 0 Å². The van der Waals surface area contributed by atoms with E-state index < -0.39 is 0 Å². The summed E-state index contributed by atoms with van der Waals surface area (Å²) in [7, 11) is 2.10. The first-order chi connectivity index (χ1) is 12.2. The van der Waals surface area contributed by atoms with Crippen LogP contribution in [0.3, 0.4) is 0 Å². The molecule has 0 radical (unpaired) electrons. The molecule has 2 aliphatic heterocycles. The molecule has 3 heterocycles. The van der Waals surface area contributed by atoms with Gasteiger partial charge in [0, 0.05) is 45.5 Å². The Balaban J connectivity index is 1.51. The van der Waals surface area contributed by atoms with Crippen molar-refractivity contribution in [2.75, 3.05) is 44.7 Å². The van der Waals surface area contributed by atoms with E-state index in [2.05, 4.69) is 46.1 Å². The summed E-state index contributed by atoms with van der Waals surface area (Å²) < 4.78 is 0. The lowest BCUT2D eigenvalue weighted by Crippen LogP contribution is -2.47. The molecule has 0 unspecified atom stereocenters. The van der Waals surface area contributed by atoms with E-state index in [0.717, 1.165) is 51.4 Å². The van der Waals surface area contributed by atoms with Crippen molar-refractivity contribution in [2.24, 2.45) is 0 Å². The Hall–Kier alpha value is -2.40. The Morgan fingerprint density at radius 2 is 1.76 bits per heavy atom. The second kappa shape index (κ2) is 6.84. The average Bonchev–Trinajstić information content (AvgIpc) is 2.68. The predicted molar refractivity (Wildman–Crippen MR) is 98.8 cm³/mol. The standard InChI is InChI=1S/C20H24N4O/c1-22-8-10-23(11-9-22)20(25)18-12-19(14-21-13-18)24-7-6-16-4-2-3-5-17(16)15-24/h2-5,12-14H,6-11,15H2,1H3. The average molecular weight is 336 g/mol. The number of aromatic nitrogens is 1. The molecule has 0 atom stereocenters. The topological polar surface area (TPSA) is 39.7 Å². The van der Waals surface area contributed by atoms with Crippen molar-refractivity contribution < 1.29 is 4.79 Å². The van der Waals surface area contributed by atoms with Crippen LogP contribution in [0, 0.1) is 0 Å². The highest BCUT2D eigenvalue weighted by atomic mass is 16.2. The van der Waals surface area contributed by atoms with Gasteiger partial charge in [-0.25, -0.2) is 0 Å². The lowest BCUT2D eigenvalue weighted by molar-refractivity contribution is 0.0663. The minimum absolute atomic E-state index is 0.0971. The van der Waals surface area contributed by atoms with Crippen molar-refractivity contribution in [3.63, 3.8) is 0 Å². The molecule has 1 amide bonds. The molecular weight excluding hydrogens is 312 g/mol. The quantitative estimate of drug-likeness (QED) is 0.841. The van der Waals surface area contributed by atoms with Crippen LogP contribution in [0.15, 0.2) is 42.7 Å². The molecule has 5 nitrogen and oxygen atoms in total. The molecule has 5 heteroatoms. The number of nitrogens with zero attached hydrogens (tertiary/aromatic N) is 4. The number of pyridine rings is 1. The van der Waals surface area contributed by atoms with E-state index >= 15 is 0 Å². The minimum Gasteiger partial charge on any atom is -0.366 e. The zero-order chi connectivity index (χ0) is 17.2. The third-order valence-electron chi connectivity index (χ3n) is 5.26. The number of hydrogen-bond acceptors (Lipinski definition) is 4. The van der Waals surface area contributed by atoms with E-state index in [1.165, 1.54) is 11.1 Å². The molecule has 130 valence electrons. The predicted octanol–water partition coefficient (Wildman–Crippen LogP) is 2.03. The Morgan fingerprint density at radius 3 is 2.56 bits per heavy atom. The maximum atomic E-state index is 12.8. The summed E-state index contributed by atoms with van der Waals surface area (Å²) in [5.41, 5.74) is 4.52. The van der Waals surface area contributed by atoms with Crippen molar-refractivity contribution in [3.05, 3.63) is 59.4 Å². The zero-order valence-corrected chi connectivity index (χ0v) is 14.7. The fraction of sp³-hybridized carbons (Fsp3) is 0.400. The number of carbonyl (C=O) groups excluding carboxylic acids is 1. The zero-order valence-electron chi connectivity index (χ0n) is 14.7. The monoisotopic (exact) mass is 336 g/mol. The van der Waals surface area contributed by atoms with Crippen LogP contribution in [0.1, 0.15) is 21.5 Å². The SMILES string of the molecule is CN1CCN(C(=O)c2cncc(N3CCc4ccccc4C3)c2)CC1. The third kappa shape index (κ3) is 3.37. The number of hydrogen-bond donors (Lipinski definition) is 0. The highest BCUT2D eigenvalue weighted by molar-refractivity contribution is 5.94. The van der Waals surface area contributed by atoms with Gasteiger partial charge in [-0.3, -0.25) is 9.78 Å². The second-order valence-corrected chi connectivity index (χ2v) is 6.97. The first-order valence-corrected chi connectivity index (χ1v) is 8.95. The summed E-state index contributed by atoms with van der Waals surface area (Å²) in [5.74, 6) is 0.0971. The van der Waals surface area contributed by atoms with Gasteiger partial charge in [-0.2, -0.15) is 0 Å². The number of likely N-dealkylation sites (N-methyl/N-ethyl adjacent to an activating group) is 1. The van der Waals surface area contributed by atoms with E-state index in [9.17, 15) is 4.79 Å². The van der Waals surface area contributed by atoms with Crippen LogP contribution in [0.4, 0.5) is 5.69 Å². The smallest absolute Gasteiger partial charge is 0.255 e. The summed E-state index contributed by atoms with van der Waals surface area (Å²) in [4.78, 5) is 23.6. The minimum atomic E-state index is 0.0971. The summed E-state index contributed by atoms with van der Waals surface area (Å²) in [5, 5.41) is 0. The largest absolute Gasteiger partial charge is 0.366 e. The molecule has 4 rings (SSSR count). The van der Waals surface area contributed by atoms with Gasteiger partial charge in [-0.1, -0.05) is 24.3 Å². The lowest BCUT2D eigenvalue weighted by atomic mass is 9.99. The van der Waals surface area contributed by atoms with Crippen molar-refractivity contribution in [1.29, 1.82) is 0 Å². The summed E-state index contributed by atoms with van der Waals surface area (Å²) in [6, 6.07) is 10.6. The molecule has 2 aromatic rings. The van der Waals surface area contributed by atoms with Gasteiger partial charge in [0.1, 0.15) is 0 Å². The normalized spacial score (nSPS) is 18.1. The van der Waals surface area contributed by atoms with Crippen molar-refractivity contribution >= 4 is 11.6 Å². The second-order valence-electron chi connectivity index (χ2n) is 6.97. The number of piperazine rings is 1. The van der Waals surface area contributed by atoms with Gasteiger partial charge in [0.05, 0.1) is 17.4 Å². The van der Waals surface area contributed by atoms with E-state index in [4.69, 9.17) is 0 Å². The Morgan fingerprint density at radius 1 is 1.00 bits per heavy atom. The number of anilines is 1. The highest BCUT2D eigenvalue weighted by Gasteiger charge is 2.22. The molecule has 0 bridgehead atoms. The van der Waals surface area contributed by atoms with Gasteiger partial charge in [0.2, 0.25) is 0 Å². The van der Waals surface area contributed by atoms with Gasteiger partial charge >= 0.3 is 0 Å². The molecule has 1 saturated heterocycles. The molecule has 0 spiro atoms. The molecule has 1 aromatic heterocycles. The van der Waals surface area contributed by atoms with Crippen LogP contribution < -0.4 is 4.90 Å². The van der Waals surface area contributed by atoms with Crippen molar-refractivity contribution in [2.45, 2.75) is 13.0 Å². The van der Waals surface area contributed by atoms with E-state index in [-0.39, 0.29) is 5.91 Å². The fourth-order valence-corrected chi connectivity index (χ4v) is 3.63. The summed E-state index contributed by atoms with van der Waals surface area (Å²) in [6.07, 6.45) is 4.60. The maximum absolute atomic E-state index is 12.8. The van der Waals surface area contributed by atoms with Gasteiger partial charge in [0.15, 0.2) is 0 Å². The number of benzene rings is 1. The van der Waals surface area contributed by atoms with Crippen LogP contribution >= 0.6 is 0 Å². The highest BCUT2D eigenvalue weighted by Crippen LogP contribution is 2.24. The fourth-order valence-electron chi connectivity index (χ4n) is 3.63. The summed E-state index contributed by atoms with van der Waals surface area (Å²) in [6.45, 7) is 5.28. The number of amides is 1. The van der Waals surface area contributed by atoms with Crippen LogP contribution in [-0.2, 0) is 13.0 Å². The van der Waals surface area contributed by atoms with E-state index in [0.29, 0.717) is 5.56 Å². The Kier molecular flexibility index (Phi) is 4.40. The summed E-state index contributed by atoms with van der Waals surface area (Å²) >= 11 is 0. The Bertz CT molecular complexity index is 768.